The van der Waals surface area contributed by atoms with Crippen LogP contribution in [-0.4, -0.2) is 36.2 Å². The van der Waals surface area contributed by atoms with Gasteiger partial charge in [0.2, 0.25) is 5.91 Å². The quantitative estimate of drug-likeness (QED) is 0.461. The molecule has 6 heteroatoms. The minimum absolute atomic E-state index is 0.224. The molecule has 0 bridgehead atoms. The van der Waals surface area contributed by atoms with E-state index in [1.807, 2.05) is 7.05 Å². The smallest absolute Gasteiger partial charge is 0.246 e. The number of benzene rings is 2. The zero-order valence-electron chi connectivity index (χ0n) is 17.3. The summed E-state index contributed by atoms with van der Waals surface area (Å²) >= 11 is 0. The summed E-state index contributed by atoms with van der Waals surface area (Å²) in [6.45, 7) is 4.96. The Kier molecular flexibility index (Phi) is 8.73. The van der Waals surface area contributed by atoms with Gasteiger partial charge in [-0.05, 0) is 94.1 Å². The van der Waals surface area contributed by atoms with Gasteiger partial charge in [0.1, 0.15) is 11.6 Å². The fourth-order valence-electron chi connectivity index (χ4n) is 3.55. The Hall–Kier alpha value is -2.31. The van der Waals surface area contributed by atoms with Crippen molar-refractivity contribution < 1.29 is 18.8 Å². The van der Waals surface area contributed by atoms with Crippen LogP contribution in [0.15, 0.2) is 36.4 Å². The molecule has 158 valence electrons. The predicted octanol–water partition coefficient (Wildman–Crippen LogP) is 4.20. The minimum Gasteiger partial charge on any atom is -0.306 e. The van der Waals surface area contributed by atoms with Crippen molar-refractivity contribution in [1.82, 2.24) is 10.4 Å². The second-order valence-corrected chi connectivity index (χ2v) is 7.74. The fourth-order valence-corrected chi connectivity index (χ4v) is 3.55. The van der Waals surface area contributed by atoms with E-state index in [0.29, 0.717) is 30.5 Å². The number of nitrogens with one attached hydrogen (secondary N) is 1. The molecule has 0 aliphatic rings. The van der Waals surface area contributed by atoms with Gasteiger partial charge in [0, 0.05) is 5.92 Å². The molecule has 29 heavy (non-hydrogen) atoms. The van der Waals surface area contributed by atoms with E-state index in [1.54, 1.807) is 43.6 Å². The molecule has 0 fully saturated rings. The Morgan fingerprint density at radius 3 is 2.28 bits per heavy atom. The van der Waals surface area contributed by atoms with Crippen LogP contribution < -0.4 is 5.48 Å². The van der Waals surface area contributed by atoms with Crippen molar-refractivity contribution in [1.29, 1.82) is 0 Å². The Bertz CT molecular complexity index is 786. The number of nitrogens with zero attached hydrogens (tertiary/aromatic N) is 1. The highest BCUT2D eigenvalue weighted by atomic mass is 19.1. The van der Waals surface area contributed by atoms with E-state index in [-0.39, 0.29) is 11.6 Å². The van der Waals surface area contributed by atoms with E-state index < -0.39 is 11.8 Å². The lowest BCUT2D eigenvalue weighted by Gasteiger charge is -2.21. The van der Waals surface area contributed by atoms with Crippen LogP contribution in [0.25, 0.3) is 0 Å². The van der Waals surface area contributed by atoms with Gasteiger partial charge in [0.05, 0.1) is 0 Å². The van der Waals surface area contributed by atoms with E-state index >= 15 is 0 Å². The van der Waals surface area contributed by atoms with Crippen LogP contribution in [-0.2, 0) is 17.6 Å². The molecular formula is C23H30F2N2O2. The number of carbonyl (C=O) groups excluding carboxylic acids is 1. The largest absolute Gasteiger partial charge is 0.306 e. The Morgan fingerprint density at radius 2 is 1.69 bits per heavy atom. The number of hydrogen-bond donors (Lipinski definition) is 2. The first-order valence-corrected chi connectivity index (χ1v) is 9.92. The molecule has 0 aliphatic heterocycles. The highest BCUT2D eigenvalue weighted by molar-refractivity contribution is 5.77. The van der Waals surface area contributed by atoms with Gasteiger partial charge in [-0.3, -0.25) is 10.0 Å². The third-order valence-corrected chi connectivity index (χ3v) is 5.24. The molecule has 1 amide bonds. The van der Waals surface area contributed by atoms with Crippen LogP contribution >= 0.6 is 0 Å². The number of carbonyl (C=O) groups is 1. The summed E-state index contributed by atoms with van der Waals surface area (Å²) in [7, 11) is 1.99. The van der Waals surface area contributed by atoms with Gasteiger partial charge in [-0.25, -0.2) is 14.3 Å². The summed E-state index contributed by atoms with van der Waals surface area (Å²) in [5, 5.41) is 9.09. The first kappa shape index (κ1) is 23.0. The molecule has 0 saturated carbocycles. The first-order valence-electron chi connectivity index (χ1n) is 9.92. The van der Waals surface area contributed by atoms with Crippen molar-refractivity contribution in [3.05, 3.63) is 70.3 Å². The van der Waals surface area contributed by atoms with Gasteiger partial charge in [0.25, 0.3) is 0 Å². The lowest BCUT2D eigenvalue weighted by atomic mass is 9.93. The molecule has 2 rings (SSSR count). The van der Waals surface area contributed by atoms with Crippen molar-refractivity contribution in [2.75, 3.05) is 20.1 Å². The summed E-state index contributed by atoms with van der Waals surface area (Å²) in [4.78, 5) is 14.2. The summed E-state index contributed by atoms with van der Waals surface area (Å²) in [6, 6.07) is 10.0. The minimum atomic E-state index is -0.427. The normalized spacial score (nSPS) is 12.2. The molecule has 0 aliphatic carbocycles. The second-order valence-electron chi connectivity index (χ2n) is 7.74. The van der Waals surface area contributed by atoms with Crippen LogP contribution in [0.3, 0.4) is 0 Å². The predicted molar refractivity (Wildman–Crippen MR) is 110 cm³/mol. The Morgan fingerprint density at radius 1 is 1.07 bits per heavy atom. The van der Waals surface area contributed by atoms with E-state index in [4.69, 9.17) is 5.21 Å². The summed E-state index contributed by atoms with van der Waals surface area (Å²) in [5.74, 6) is -1.28. The zero-order valence-corrected chi connectivity index (χ0v) is 17.3. The molecule has 0 aromatic heterocycles. The number of rotatable bonds is 10. The lowest BCUT2D eigenvalue weighted by Crippen LogP contribution is -2.33. The monoisotopic (exact) mass is 404 g/mol. The highest BCUT2D eigenvalue weighted by Gasteiger charge is 2.20. The number of aryl methyl sites for hydroxylation is 3. The van der Waals surface area contributed by atoms with Crippen molar-refractivity contribution in [2.24, 2.45) is 5.92 Å². The van der Waals surface area contributed by atoms with E-state index in [0.717, 1.165) is 30.5 Å². The van der Waals surface area contributed by atoms with Gasteiger partial charge in [-0.1, -0.05) is 24.3 Å². The van der Waals surface area contributed by atoms with Gasteiger partial charge in [-0.15, -0.1) is 0 Å². The van der Waals surface area contributed by atoms with E-state index in [9.17, 15) is 13.6 Å². The molecule has 2 aromatic carbocycles. The molecular weight excluding hydrogens is 374 g/mol. The topological polar surface area (TPSA) is 52.6 Å². The first-order chi connectivity index (χ1) is 13.8. The van der Waals surface area contributed by atoms with Crippen LogP contribution in [0, 0.1) is 31.4 Å². The molecule has 2 N–H and O–H groups in total. The number of hydrogen-bond acceptors (Lipinski definition) is 3. The van der Waals surface area contributed by atoms with E-state index in [2.05, 4.69) is 4.90 Å². The maximum Gasteiger partial charge on any atom is 0.246 e. The number of hydroxylamine groups is 1. The summed E-state index contributed by atoms with van der Waals surface area (Å²) in [6.07, 6.45) is 2.81. The standard InChI is InChI=1S/C23H30F2N2O2/c1-16-13-19(14-17(2)22(16)25)15-20(23(28)26-29)10-12-27(3)11-4-5-18-6-8-21(24)9-7-18/h6-9,13-14,20,29H,4-5,10-12,15H2,1-3H3,(H,26,28). The van der Waals surface area contributed by atoms with Crippen LogP contribution in [0.5, 0.6) is 0 Å². The highest BCUT2D eigenvalue weighted by Crippen LogP contribution is 2.19. The average molecular weight is 405 g/mol. The molecule has 0 heterocycles. The van der Waals surface area contributed by atoms with Gasteiger partial charge >= 0.3 is 0 Å². The van der Waals surface area contributed by atoms with Gasteiger partial charge in [0.15, 0.2) is 0 Å². The van der Waals surface area contributed by atoms with Crippen molar-refractivity contribution in [3.8, 4) is 0 Å². The number of amides is 1. The maximum absolute atomic E-state index is 13.8. The Labute approximate surface area is 171 Å². The average Bonchev–Trinajstić information content (AvgIpc) is 2.70. The SMILES string of the molecule is Cc1cc(CC(CCN(C)CCCc2ccc(F)cc2)C(=O)NO)cc(C)c1F. The lowest BCUT2D eigenvalue weighted by molar-refractivity contribution is -0.133. The van der Waals surface area contributed by atoms with E-state index in [1.165, 1.54) is 12.1 Å². The Balaban J connectivity index is 1.86. The molecule has 2 aromatic rings. The third-order valence-electron chi connectivity index (χ3n) is 5.24. The molecule has 0 spiro atoms. The van der Waals surface area contributed by atoms with Gasteiger partial charge < -0.3 is 4.90 Å². The zero-order chi connectivity index (χ0) is 21.4. The van der Waals surface area contributed by atoms with Crippen LogP contribution in [0.1, 0.15) is 35.1 Å². The molecule has 4 nitrogen and oxygen atoms in total. The van der Waals surface area contributed by atoms with Crippen LogP contribution in [0.2, 0.25) is 0 Å². The van der Waals surface area contributed by atoms with Crippen molar-refractivity contribution >= 4 is 5.91 Å². The van der Waals surface area contributed by atoms with Crippen molar-refractivity contribution in [2.45, 2.75) is 39.5 Å². The molecule has 1 atom stereocenters. The molecule has 0 saturated heterocycles. The molecule has 1 unspecified atom stereocenters. The third kappa shape index (κ3) is 7.22. The fraction of sp³-hybridized carbons (Fsp3) is 0.435. The maximum atomic E-state index is 13.8. The second kappa shape index (κ2) is 11.0. The van der Waals surface area contributed by atoms with Gasteiger partial charge in [-0.2, -0.15) is 0 Å². The summed E-state index contributed by atoms with van der Waals surface area (Å²) < 4.78 is 26.8. The van der Waals surface area contributed by atoms with Crippen molar-refractivity contribution in [3.63, 3.8) is 0 Å². The summed E-state index contributed by atoms with van der Waals surface area (Å²) in [5.41, 5.74) is 4.85. The molecule has 0 radical (unpaired) electrons. The number of halogens is 2. The van der Waals surface area contributed by atoms with Crippen LogP contribution in [0.4, 0.5) is 8.78 Å².